The molecule has 4 unspecified atom stereocenters. The normalized spacial score (nSPS) is 29.9. The van der Waals surface area contributed by atoms with Gasteiger partial charge in [0.2, 0.25) is 0 Å². The maximum Gasteiger partial charge on any atom is 0.309 e. The van der Waals surface area contributed by atoms with Gasteiger partial charge in [-0.15, -0.1) is 0 Å². The van der Waals surface area contributed by atoms with Crippen LogP contribution in [0.2, 0.25) is 0 Å². The third-order valence-electron chi connectivity index (χ3n) is 9.89. The van der Waals surface area contributed by atoms with E-state index in [-0.39, 0.29) is 40.2 Å². The first-order valence-corrected chi connectivity index (χ1v) is 12.5. The molecule has 2 bridgehead atoms. The highest BCUT2D eigenvalue weighted by atomic mass is 16.5. The minimum Gasteiger partial charge on any atom is -0.461 e. The smallest absolute Gasteiger partial charge is 0.309 e. The molecule has 170 valence electrons. The summed E-state index contributed by atoms with van der Waals surface area (Å²) in [7, 11) is 0. The lowest BCUT2D eigenvalue weighted by molar-refractivity contribution is -0.174. The zero-order chi connectivity index (χ0) is 22.7. The summed E-state index contributed by atoms with van der Waals surface area (Å²) in [6, 6.07) is 19.3. The Labute approximate surface area is 193 Å². The molecular formula is C30H38O2. The molecule has 0 aliphatic heterocycles. The predicted molar refractivity (Wildman–Crippen MR) is 129 cm³/mol. The largest absolute Gasteiger partial charge is 0.461 e. The van der Waals surface area contributed by atoms with Gasteiger partial charge in [0.15, 0.2) is 0 Å². The van der Waals surface area contributed by atoms with Crippen molar-refractivity contribution < 1.29 is 9.53 Å². The number of esters is 1. The number of carbonyl (C=O) groups is 1. The third kappa shape index (κ3) is 3.01. The Morgan fingerprint density at radius 1 is 0.969 bits per heavy atom. The minimum absolute atomic E-state index is 0.00811. The van der Waals surface area contributed by atoms with Gasteiger partial charge in [-0.2, -0.15) is 0 Å². The average Bonchev–Trinajstić information content (AvgIpc) is 3.29. The summed E-state index contributed by atoms with van der Waals surface area (Å²) in [6.07, 6.45) is 5.25. The minimum atomic E-state index is -0.107. The van der Waals surface area contributed by atoms with Gasteiger partial charge < -0.3 is 4.74 Å². The van der Waals surface area contributed by atoms with E-state index in [0.717, 1.165) is 25.7 Å². The van der Waals surface area contributed by atoms with Crippen LogP contribution in [-0.4, -0.2) is 12.1 Å². The van der Waals surface area contributed by atoms with Crippen LogP contribution in [0.5, 0.6) is 0 Å². The first kappa shape index (κ1) is 21.7. The molecular weight excluding hydrogens is 392 g/mol. The monoisotopic (exact) mass is 430 g/mol. The second kappa shape index (κ2) is 7.47. The van der Waals surface area contributed by atoms with Gasteiger partial charge in [-0.1, -0.05) is 89.2 Å². The van der Waals surface area contributed by atoms with E-state index in [1.54, 1.807) is 0 Å². The number of hydrogen-bond acceptors (Lipinski definition) is 2. The molecule has 32 heavy (non-hydrogen) atoms. The summed E-state index contributed by atoms with van der Waals surface area (Å²) in [4.78, 5) is 13.8. The zero-order valence-electron chi connectivity index (χ0n) is 20.4. The number of rotatable bonds is 5. The summed E-state index contributed by atoms with van der Waals surface area (Å²) in [5.74, 6) is 0.744. The van der Waals surface area contributed by atoms with Crippen molar-refractivity contribution in [1.82, 2.24) is 0 Å². The molecule has 0 radical (unpaired) electrons. The van der Waals surface area contributed by atoms with Crippen LogP contribution < -0.4 is 0 Å². The van der Waals surface area contributed by atoms with Crippen molar-refractivity contribution in [3.63, 3.8) is 0 Å². The van der Waals surface area contributed by atoms with E-state index < -0.39 is 0 Å². The van der Waals surface area contributed by atoms with Crippen LogP contribution in [0, 0.1) is 34.0 Å². The molecule has 0 amide bonds. The molecule has 3 aliphatic rings. The molecule has 2 nitrogen and oxygen atoms in total. The van der Waals surface area contributed by atoms with E-state index in [9.17, 15) is 4.79 Å². The Morgan fingerprint density at radius 3 is 2.16 bits per heavy atom. The molecule has 0 heterocycles. The molecule has 3 aliphatic carbocycles. The van der Waals surface area contributed by atoms with E-state index >= 15 is 0 Å². The highest BCUT2D eigenvalue weighted by Gasteiger charge is 2.74. The molecule has 1 spiro atoms. The lowest BCUT2D eigenvalue weighted by Crippen LogP contribution is -2.49. The second-order valence-electron chi connectivity index (χ2n) is 11.9. The van der Waals surface area contributed by atoms with Crippen molar-refractivity contribution in [1.29, 1.82) is 0 Å². The van der Waals surface area contributed by atoms with Gasteiger partial charge >= 0.3 is 5.97 Å². The van der Waals surface area contributed by atoms with Crippen molar-refractivity contribution >= 4 is 5.97 Å². The van der Waals surface area contributed by atoms with Crippen molar-refractivity contribution in [2.75, 3.05) is 0 Å². The van der Waals surface area contributed by atoms with Crippen molar-refractivity contribution in [3.05, 3.63) is 71.3 Å². The second-order valence-corrected chi connectivity index (χ2v) is 11.9. The van der Waals surface area contributed by atoms with E-state index in [1.807, 2.05) is 6.07 Å². The number of hydrogen-bond donors (Lipinski definition) is 0. The zero-order valence-corrected chi connectivity index (χ0v) is 20.4. The van der Waals surface area contributed by atoms with Crippen molar-refractivity contribution in [3.8, 4) is 0 Å². The lowest BCUT2D eigenvalue weighted by Gasteiger charge is -2.45. The van der Waals surface area contributed by atoms with Crippen LogP contribution >= 0.6 is 0 Å². The fourth-order valence-electron chi connectivity index (χ4n) is 7.83. The molecule has 0 N–H and O–H groups in total. The van der Waals surface area contributed by atoms with Crippen LogP contribution in [0.3, 0.4) is 0 Å². The molecule has 4 atom stereocenters. The Kier molecular flexibility index (Phi) is 5.07. The topological polar surface area (TPSA) is 26.3 Å². The molecule has 0 aromatic heterocycles. The van der Waals surface area contributed by atoms with Gasteiger partial charge in [0.05, 0.1) is 5.92 Å². The fraction of sp³-hybridized carbons (Fsp3) is 0.567. The average molecular weight is 431 g/mol. The number of fused-ring (bicyclic) bond motifs is 4. The first-order valence-electron chi connectivity index (χ1n) is 12.5. The fourth-order valence-corrected chi connectivity index (χ4v) is 7.83. The summed E-state index contributed by atoms with van der Waals surface area (Å²) in [5, 5.41) is 0. The van der Waals surface area contributed by atoms with Crippen LogP contribution in [0.4, 0.5) is 0 Å². The van der Waals surface area contributed by atoms with E-state index in [2.05, 4.69) is 83.1 Å². The van der Waals surface area contributed by atoms with Crippen LogP contribution in [0.25, 0.3) is 0 Å². The van der Waals surface area contributed by atoms with Crippen molar-refractivity contribution in [2.45, 2.75) is 72.8 Å². The number of ether oxygens (including phenoxy) is 1. The van der Waals surface area contributed by atoms with Gasteiger partial charge in [-0.05, 0) is 66.0 Å². The SMILES string of the molecule is CC(C)C(Cc1ccccc1)C(=O)OC1C2(Cc3ccccc3C2)C2CCC1(C)C2(C)C. The lowest BCUT2D eigenvalue weighted by atomic mass is 9.66. The number of carbonyl (C=O) groups excluding carboxylic acids is 1. The summed E-state index contributed by atoms with van der Waals surface area (Å²) < 4.78 is 6.71. The van der Waals surface area contributed by atoms with E-state index in [4.69, 9.17) is 4.74 Å². The van der Waals surface area contributed by atoms with Crippen molar-refractivity contribution in [2.24, 2.45) is 34.0 Å². The highest BCUT2D eigenvalue weighted by Crippen LogP contribution is 2.75. The van der Waals surface area contributed by atoms with Crippen LogP contribution in [0.15, 0.2) is 54.6 Å². The van der Waals surface area contributed by atoms with Crippen LogP contribution in [-0.2, 0) is 28.8 Å². The molecule has 0 saturated heterocycles. The van der Waals surface area contributed by atoms with Gasteiger partial charge in [0.25, 0.3) is 0 Å². The summed E-state index contributed by atoms with van der Waals surface area (Å²) in [5.41, 5.74) is 4.39. The van der Waals surface area contributed by atoms with Gasteiger partial charge in [0.1, 0.15) is 6.10 Å². The standard InChI is InChI=1S/C30H38O2/c1-20(2)24(17-21-11-7-6-8-12-21)26(31)32-27-29(5)16-15-25(28(29,3)4)30(27)18-22-13-9-10-14-23(22)19-30/h6-14,20,24-25,27H,15-19H2,1-5H3. The molecule has 2 fully saturated rings. The quantitative estimate of drug-likeness (QED) is 0.496. The third-order valence-corrected chi connectivity index (χ3v) is 9.89. The Balaban J connectivity index is 1.47. The summed E-state index contributed by atoms with van der Waals surface area (Å²) in [6.45, 7) is 11.6. The molecule has 2 heteroatoms. The Hall–Kier alpha value is -2.09. The van der Waals surface area contributed by atoms with Gasteiger partial charge in [-0.3, -0.25) is 4.79 Å². The maximum absolute atomic E-state index is 13.8. The Bertz CT molecular complexity index is 980. The molecule has 2 aromatic rings. The first-order chi connectivity index (χ1) is 15.2. The molecule has 2 aromatic carbocycles. The maximum atomic E-state index is 13.8. The highest BCUT2D eigenvalue weighted by molar-refractivity contribution is 5.73. The van der Waals surface area contributed by atoms with E-state index in [0.29, 0.717) is 5.92 Å². The van der Waals surface area contributed by atoms with E-state index in [1.165, 1.54) is 23.1 Å². The molecule has 2 saturated carbocycles. The van der Waals surface area contributed by atoms with Crippen LogP contribution in [0.1, 0.15) is 64.2 Å². The number of benzene rings is 2. The van der Waals surface area contributed by atoms with Gasteiger partial charge in [0, 0.05) is 10.8 Å². The summed E-state index contributed by atoms with van der Waals surface area (Å²) >= 11 is 0. The molecule has 5 rings (SSSR count). The predicted octanol–water partition coefficient (Wildman–Crippen LogP) is 6.65. The Morgan fingerprint density at radius 2 is 1.56 bits per heavy atom. The van der Waals surface area contributed by atoms with Gasteiger partial charge in [-0.25, -0.2) is 0 Å².